The van der Waals surface area contributed by atoms with Crippen LogP contribution in [-0.4, -0.2) is 135 Å². The van der Waals surface area contributed by atoms with Gasteiger partial charge in [0.05, 0.1) is 0 Å². The molecule has 0 heterocycles. The van der Waals surface area contributed by atoms with Gasteiger partial charge in [0.25, 0.3) is 0 Å². The molecule has 3 nitrogen and oxygen atoms in total. The van der Waals surface area contributed by atoms with E-state index in [2.05, 4.69) is 14.0 Å². The molecule has 0 aromatic heterocycles. The van der Waals surface area contributed by atoms with Crippen LogP contribution in [0.2, 0.25) is 0 Å². The summed E-state index contributed by atoms with van der Waals surface area (Å²) >= 11 is 0. The molecule has 0 saturated heterocycles. The second-order valence-corrected chi connectivity index (χ2v) is 11.3. The first-order valence-corrected chi connectivity index (χ1v) is 13.5. The Hall–Kier alpha value is -2.58. The second kappa shape index (κ2) is 16.4. The van der Waals surface area contributed by atoms with E-state index in [1.165, 1.54) is 0 Å². The van der Waals surface area contributed by atoms with Gasteiger partial charge in [-0.1, -0.05) is 0 Å². The molecule has 366 valence electrons. The highest BCUT2D eigenvalue weighted by Crippen LogP contribution is 2.61. The van der Waals surface area contributed by atoms with E-state index in [9.17, 15) is 158 Å². The fourth-order valence-electron chi connectivity index (χ4n) is 3.25. The normalized spacial score (nSPS) is 16.4. The summed E-state index contributed by atoms with van der Waals surface area (Å²) in [6.45, 7) is -13.7. The van der Waals surface area contributed by atoms with Crippen LogP contribution in [0.1, 0.15) is 0 Å². The molecule has 0 aliphatic rings. The molecule has 0 amide bonds. The fraction of sp³-hybridized carbons (Fsp3) is 1.00. The highest BCUT2D eigenvalue weighted by molar-refractivity contribution is 6.36. The Morgan fingerprint density at radius 3 is 0.525 bits per heavy atom. The maximum atomic E-state index is 14.0. The molecule has 0 rings (SSSR count). The van der Waals surface area contributed by atoms with Crippen LogP contribution in [0.15, 0.2) is 0 Å². The summed E-state index contributed by atoms with van der Waals surface area (Å²) in [6.07, 6.45) is -18.7. The molecule has 0 aromatic carbocycles. The van der Waals surface area contributed by atoms with E-state index in [1.54, 1.807) is 0 Å². The summed E-state index contributed by atoms with van der Waals surface area (Å²) in [5, 5.41) is 0. The van der Waals surface area contributed by atoms with Crippen LogP contribution >= 0.6 is 0 Å². The second-order valence-electron chi connectivity index (χ2n) is 11.3. The van der Waals surface area contributed by atoms with Crippen molar-refractivity contribution in [3.8, 4) is 0 Å². The average molecular weight is 1000 g/mol. The monoisotopic (exact) mass is 1000 g/mol. The van der Waals surface area contributed by atoms with Gasteiger partial charge in [0.2, 0.25) is 0 Å². The summed E-state index contributed by atoms with van der Waals surface area (Å²) in [6, 6.07) is 0. The lowest BCUT2D eigenvalue weighted by Gasteiger charge is -2.40. The van der Waals surface area contributed by atoms with Gasteiger partial charge in [-0.05, 0) is 0 Å². The van der Waals surface area contributed by atoms with Crippen LogP contribution in [0.25, 0.3) is 0 Å². The van der Waals surface area contributed by atoms with Crippen LogP contribution in [0.5, 0.6) is 0 Å². The Kier molecular flexibility index (Phi) is 15.8. The van der Waals surface area contributed by atoms with Gasteiger partial charge in [-0.25, -0.2) is 26.3 Å². The molecule has 0 saturated carbocycles. The largest absolute Gasteiger partial charge is 0.640 e. The van der Waals surface area contributed by atoms with Crippen molar-refractivity contribution in [1.29, 1.82) is 0 Å². The maximum absolute atomic E-state index is 14.0. The van der Waals surface area contributed by atoms with Crippen molar-refractivity contribution in [2.45, 2.75) is 108 Å². The van der Waals surface area contributed by atoms with Gasteiger partial charge in [-0.3, -0.25) is 0 Å². The molecule has 0 aromatic rings. The van der Waals surface area contributed by atoms with Crippen LogP contribution in [0.4, 0.5) is 158 Å². The third-order valence-corrected chi connectivity index (χ3v) is 7.02. The van der Waals surface area contributed by atoms with Crippen LogP contribution in [0.3, 0.4) is 0 Å². The Morgan fingerprint density at radius 1 is 0.246 bits per heavy atom. The predicted molar refractivity (Wildman–Crippen MR) is 116 cm³/mol. The fourth-order valence-corrected chi connectivity index (χ4v) is 3.25. The highest BCUT2D eigenvalue weighted by Gasteiger charge is 2.90. The molecule has 0 radical (unpaired) electrons. The molecule has 0 aliphatic carbocycles. The van der Waals surface area contributed by atoms with Crippen molar-refractivity contribution >= 4 is 7.32 Å². The zero-order valence-electron chi connectivity index (χ0n) is 26.8. The van der Waals surface area contributed by atoms with Crippen LogP contribution in [-0.2, 0) is 14.0 Å². The van der Waals surface area contributed by atoms with Crippen molar-refractivity contribution < 1.29 is 172 Å². The first-order valence-electron chi connectivity index (χ1n) is 13.5. The number of hydrogen-bond donors (Lipinski definition) is 0. The lowest BCUT2D eigenvalue weighted by molar-refractivity contribution is -0.416. The van der Waals surface area contributed by atoms with Crippen molar-refractivity contribution in [3.05, 3.63) is 0 Å². The number of hydrogen-bond acceptors (Lipinski definition) is 3. The summed E-state index contributed by atoms with van der Waals surface area (Å²) < 4.78 is 488. The van der Waals surface area contributed by atoms with Gasteiger partial charge in [0.1, 0.15) is 19.8 Å². The molecule has 0 spiro atoms. The number of halogens is 36. The van der Waals surface area contributed by atoms with Crippen molar-refractivity contribution in [3.63, 3.8) is 0 Å². The maximum Gasteiger partial charge on any atom is 0.640 e. The molecule has 0 atom stereocenters. The van der Waals surface area contributed by atoms with Crippen molar-refractivity contribution in [1.82, 2.24) is 0 Å². The minimum atomic E-state index is -8.66. The van der Waals surface area contributed by atoms with E-state index >= 15 is 0 Å². The molecule has 0 aliphatic heterocycles. The minimum absolute atomic E-state index is 2.67. The summed E-state index contributed by atoms with van der Waals surface area (Å²) in [5.41, 5.74) is 0. The third kappa shape index (κ3) is 8.82. The molecule has 0 bridgehead atoms. The van der Waals surface area contributed by atoms with E-state index in [0.29, 0.717) is 0 Å². The Morgan fingerprint density at radius 2 is 0.393 bits per heavy atom. The van der Waals surface area contributed by atoms with Crippen LogP contribution < -0.4 is 0 Å². The lowest BCUT2D eigenvalue weighted by atomic mass is 9.94. The number of rotatable bonds is 24. The number of alkyl halides is 36. The summed E-state index contributed by atoms with van der Waals surface area (Å²) in [4.78, 5) is 0. The first kappa shape index (κ1) is 58.4. The zero-order valence-corrected chi connectivity index (χ0v) is 26.8. The molecule has 0 unspecified atom stereocenters. The van der Waals surface area contributed by atoms with E-state index in [1.807, 2.05) is 0 Å². The van der Waals surface area contributed by atoms with Gasteiger partial charge >= 0.3 is 115 Å². The molecule has 0 N–H and O–H groups in total. The van der Waals surface area contributed by atoms with E-state index in [4.69, 9.17) is 0 Å². The Labute approximate surface area is 308 Å². The molecular weight excluding hydrogens is 995 g/mol. The topological polar surface area (TPSA) is 27.7 Å². The zero-order chi connectivity index (χ0) is 50.1. The summed E-state index contributed by atoms with van der Waals surface area (Å²) in [5.74, 6) is -124. The molecule has 0 fully saturated rings. The van der Waals surface area contributed by atoms with Crippen molar-refractivity contribution in [2.75, 3.05) is 19.8 Å². The predicted octanol–water partition coefficient (Wildman–Crippen LogP) is 11.3. The van der Waals surface area contributed by atoms with Gasteiger partial charge < -0.3 is 14.0 Å². The van der Waals surface area contributed by atoms with Crippen molar-refractivity contribution in [2.24, 2.45) is 0 Å². The van der Waals surface area contributed by atoms with Gasteiger partial charge in [0.15, 0.2) is 0 Å². The lowest BCUT2D eigenvalue weighted by Crippen LogP contribution is -2.70. The first-order chi connectivity index (χ1) is 26.1. The van der Waals surface area contributed by atoms with Gasteiger partial charge in [-0.15, -0.1) is 0 Å². The van der Waals surface area contributed by atoms with E-state index < -0.39 is 135 Å². The Bertz CT molecular complexity index is 1300. The highest BCUT2D eigenvalue weighted by atomic mass is 19.4. The van der Waals surface area contributed by atoms with Gasteiger partial charge in [0, 0.05) is 0 Å². The molecule has 40 heteroatoms. The molecular formula is C21H9BF36O3. The van der Waals surface area contributed by atoms with E-state index in [-0.39, 0.29) is 0 Å². The quantitative estimate of drug-likeness (QED) is 0.0712. The SMILES string of the molecule is FC(F)C(F)(F)C(F)(F)C(F)(F)C(F)(F)C(F)(F)COB(OCC(F)(F)C(F)(F)C(F)(F)C(F)(F)C(F)(F)C(F)F)OCC(F)(F)C(F)(F)C(F)(F)C(F)(F)C(F)(F)C(F)F. The standard InChI is InChI=1S/C21H9BF36O3/c23-4(24)10(35,36)16(47,48)19(53,54)13(41,42)7(29,30)1-59-22(60-2-8(31,32)14(43,44)20(55,56)17(49,50)11(37,38)5(25)26)61-3-9(33,34)15(45,46)21(57,58)18(51,52)12(39,40)6(27)28/h4-6H,1-3H2. The smallest absolute Gasteiger partial charge is 0.379 e. The minimum Gasteiger partial charge on any atom is -0.379 e. The van der Waals surface area contributed by atoms with Gasteiger partial charge in [-0.2, -0.15) is 132 Å². The third-order valence-electron chi connectivity index (χ3n) is 7.02. The molecule has 61 heavy (non-hydrogen) atoms. The summed E-state index contributed by atoms with van der Waals surface area (Å²) in [7, 11) is -5.35. The Balaban J connectivity index is 7.34. The van der Waals surface area contributed by atoms with Crippen LogP contribution in [0, 0.1) is 0 Å². The van der Waals surface area contributed by atoms with E-state index in [0.717, 1.165) is 0 Å². The average Bonchev–Trinajstić information content (AvgIpc) is 3.06.